The van der Waals surface area contributed by atoms with E-state index in [2.05, 4.69) is 24.8 Å². The first-order valence-corrected chi connectivity index (χ1v) is 10.2. The quantitative estimate of drug-likeness (QED) is 0.237. The molecule has 3 N–H and O–H groups in total. The molecule has 0 bridgehead atoms. The molecule has 0 saturated carbocycles. The molecule has 1 aliphatic rings. The van der Waals surface area contributed by atoms with Gasteiger partial charge < -0.3 is 15.3 Å². The van der Waals surface area contributed by atoms with E-state index in [1.165, 1.54) is 5.56 Å². The van der Waals surface area contributed by atoms with Gasteiger partial charge in [-0.25, -0.2) is 4.79 Å². The number of hydrogen-bond acceptors (Lipinski definition) is 3. The highest BCUT2D eigenvalue weighted by molar-refractivity contribution is 6.00. The van der Waals surface area contributed by atoms with Gasteiger partial charge in [0, 0.05) is 17.2 Å². The molecule has 0 aromatic heterocycles. The zero-order valence-corrected chi connectivity index (χ0v) is 17.3. The minimum absolute atomic E-state index is 0.0338. The monoisotopic (exact) mass is 422 g/mol. The molecular weight excluding hydrogens is 400 g/mol. The predicted octanol–water partition coefficient (Wildman–Crippen LogP) is 6.26. The second-order valence-electron chi connectivity index (χ2n) is 7.41. The second-order valence-corrected chi connectivity index (χ2v) is 7.41. The molecule has 5 rings (SSSR count). The number of carboxylic acids is 1. The maximum absolute atomic E-state index is 11.0. The number of benzene rings is 4. The lowest BCUT2D eigenvalue weighted by Gasteiger charge is -2.19. The van der Waals surface area contributed by atoms with E-state index in [-0.39, 0.29) is 11.5 Å². The van der Waals surface area contributed by atoms with Gasteiger partial charge in [0.1, 0.15) is 0 Å². The molecule has 0 unspecified atom stereocenters. The molecule has 1 aliphatic carbocycles. The molecule has 32 heavy (non-hydrogen) atoms. The molecule has 158 valence electrons. The van der Waals surface area contributed by atoms with Crippen LogP contribution in [-0.4, -0.2) is 21.3 Å². The van der Waals surface area contributed by atoms with Crippen LogP contribution in [0.4, 0.5) is 0 Å². The Morgan fingerprint density at radius 1 is 0.719 bits per heavy atom. The van der Waals surface area contributed by atoms with Gasteiger partial charge in [0.15, 0.2) is 11.5 Å². The van der Waals surface area contributed by atoms with E-state index in [0.717, 1.165) is 45.9 Å². The Morgan fingerprint density at radius 3 is 1.75 bits per heavy atom. The number of carbonyl (C=O) groups is 1. The van der Waals surface area contributed by atoms with Gasteiger partial charge in [-0.05, 0) is 39.8 Å². The molecule has 4 nitrogen and oxygen atoms in total. The number of aromatic hydroxyl groups is 2. The molecule has 0 spiro atoms. The standard InChI is InChI=1S/C25H18O2.C3H4O2/c26-24-22(17-11-5-2-6-12-17)21(16-9-3-1-4-10-16)20-15-18-13-7-8-14-19(18)23(20)25(24)27;1-2-3(4)5/h1-14,26-27H,15H2;2H,1H2,(H,4,5). The van der Waals surface area contributed by atoms with Crippen molar-refractivity contribution in [1.29, 1.82) is 0 Å². The maximum atomic E-state index is 11.0. The smallest absolute Gasteiger partial charge is 0.327 e. The molecule has 4 aromatic rings. The van der Waals surface area contributed by atoms with E-state index in [1.54, 1.807) is 0 Å². The van der Waals surface area contributed by atoms with Crippen LogP contribution in [-0.2, 0) is 11.2 Å². The molecule has 0 aliphatic heterocycles. The topological polar surface area (TPSA) is 77.8 Å². The lowest BCUT2D eigenvalue weighted by molar-refractivity contribution is -0.131. The van der Waals surface area contributed by atoms with Crippen LogP contribution < -0.4 is 0 Å². The molecule has 0 saturated heterocycles. The van der Waals surface area contributed by atoms with Gasteiger partial charge in [-0.3, -0.25) is 0 Å². The number of hydrogen-bond donors (Lipinski definition) is 3. The molecule has 4 heteroatoms. The summed E-state index contributed by atoms with van der Waals surface area (Å²) >= 11 is 0. The third-order valence-electron chi connectivity index (χ3n) is 5.50. The summed E-state index contributed by atoms with van der Waals surface area (Å²) in [5, 5.41) is 29.6. The number of aliphatic carboxylic acids is 1. The van der Waals surface area contributed by atoms with Crippen LogP contribution in [0.25, 0.3) is 33.4 Å². The van der Waals surface area contributed by atoms with Crippen molar-refractivity contribution in [2.75, 3.05) is 0 Å². The lowest BCUT2D eigenvalue weighted by atomic mass is 9.86. The number of fused-ring (bicyclic) bond motifs is 3. The number of phenols is 2. The van der Waals surface area contributed by atoms with Crippen molar-refractivity contribution in [1.82, 2.24) is 0 Å². The molecule has 0 atom stereocenters. The minimum atomic E-state index is -0.981. The Balaban J connectivity index is 0.000000444. The Kier molecular flexibility index (Phi) is 5.77. The fraction of sp³-hybridized carbons (Fsp3) is 0.0357. The van der Waals surface area contributed by atoms with Crippen molar-refractivity contribution < 1.29 is 20.1 Å². The van der Waals surface area contributed by atoms with Crippen molar-refractivity contribution in [3.05, 3.63) is 109 Å². The number of phenolic OH excluding ortho intramolecular Hbond substituents is 2. The van der Waals surface area contributed by atoms with E-state index in [4.69, 9.17) is 5.11 Å². The van der Waals surface area contributed by atoms with E-state index >= 15 is 0 Å². The van der Waals surface area contributed by atoms with Gasteiger partial charge in [-0.15, -0.1) is 0 Å². The highest BCUT2D eigenvalue weighted by atomic mass is 16.4. The molecule has 0 radical (unpaired) electrons. The highest BCUT2D eigenvalue weighted by Crippen LogP contribution is 2.55. The summed E-state index contributed by atoms with van der Waals surface area (Å²) in [7, 11) is 0. The summed E-state index contributed by atoms with van der Waals surface area (Å²) < 4.78 is 0. The van der Waals surface area contributed by atoms with Crippen molar-refractivity contribution >= 4 is 5.97 Å². The van der Waals surface area contributed by atoms with Gasteiger partial charge in [0.25, 0.3) is 0 Å². The molecular formula is C28H22O4. The third-order valence-corrected chi connectivity index (χ3v) is 5.50. The van der Waals surface area contributed by atoms with E-state index in [0.29, 0.717) is 5.56 Å². The van der Waals surface area contributed by atoms with Crippen LogP contribution in [0, 0.1) is 0 Å². The fourth-order valence-corrected chi connectivity index (χ4v) is 4.16. The van der Waals surface area contributed by atoms with E-state index in [9.17, 15) is 15.0 Å². The second kappa shape index (κ2) is 8.82. The molecule has 0 heterocycles. The Bertz CT molecular complexity index is 1290. The SMILES string of the molecule is C=CC(=O)O.Oc1c(O)c(-c2ccccc2)c(-c2ccccc2)c2c1-c1ccccc1C2. The first-order valence-electron chi connectivity index (χ1n) is 10.2. The average molecular weight is 422 g/mol. The fourth-order valence-electron chi connectivity index (χ4n) is 4.16. The zero-order valence-electron chi connectivity index (χ0n) is 17.3. The predicted molar refractivity (Wildman–Crippen MR) is 127 cm³/mol. The van der Waals surface area contributed by atoms with Gasteiger partial charge in [0.2, 0.25) is 0 Å². The average Bonchev–Trinajstić information content (AvgIpc) is 3.22. The van der Waals surface area contributed by atoms with Gasteiger partial charge in [-0.1, -0.05) is 91.5 Å². The van der Waals surface area contributed by atoms with Crippen LogP contribution in [0.1, 0.15) is 11.1 Å². The Labute approximate surface area is 186 Å². The normalized spacial score (nSPS) is 11.0. The largest absolute Gasteiger partial charge is 0.504 e. The van der Waals surface area contributed by atoms with E-state index < -0.39 is 5.97 Å². The molecule has 0 amide bonds. The first-order chi connectivity index (χ1) is 15.5. The third kappa shape index (κ3) is 3.74. The summed E-state index contributed by atoms with van der Waals surface area (Å²) in [6.45, 7) is 2.96. The van der Waals surface area contributed by atoms with Crippen LogP contribution in [0.15, 0.2) is 97.6 Å². The van der Waals surface area contributed by atoms with Crippen molar-refractivity contribution in [2.45, 2.75) is 6.42 Å². The number of rotatable bonds is 3. The summed E-state index contributed by atoms with van der Waals surface area (Å²) in [5.41, 5.74) is 7.59. The summed E-state index contributed by atoms with van der Waals surface area (Å²) in [6.07, 6.45) is 1.57. The molecule has 4 aromatic carbocycles. The maximum Gasteiger partial charge on any atom is 0.327 e. The summed E-state index contributed by atoms with van der Waals surface area (Å²) in [6, 6.07) is 28.0. The van der Waals surface area contributed by atoms with Gasteiger partial charge in [-0.2, -0.15) is 0 Å². The molecule has 0 fully saturated rings. The van der Waals surface area contributed by atoms with Crippen LogP contribution in [0.5, 0.6) is 11.5 Å². The van der Waals surface area contributed by atoms with Crippen molar-refractivity contribution in [3.8, 4) is 44.9 Å². The highest BCUT2D eigenvalue weighted by Gasteiger charge is 2.30. The zero-order chi connectivity index (χ0) is 22.7. The Hall–Kier alpha value is -4.31. The van der Waals surface area contributed by atoms with Crippen LogP contribution >= 0.6 is 0 Å². The van der Waals surface area contributed by atoms with Crippen molar-refractivity contribution in [2.24, 2.45) is 0 Å². The number of carboxylic acid groups (broad SMARTS) is 1. The summed E-state index contributed by atoms with van der Waals surface area (Å²) in [5.74, 6) is -1.08. The first kappa shape index (κ1) is 20.9. The van der Waals surface area contributed by atoms with Gasteiger partial charge >= 0.3 is 5.97 Å². The van der Waals surface area contributed by atoms with Crippen molar-refractivity contribution in [3.63, 3.8) is 0 Å². The summed E-state index contributed by atoms with van der Waals surface area (Å²) in [4.78, 5) is 9.25. The Morgan fingerprint density at radius 2 is 1.19 bits per heavy atom. The van der Waals surface area contributed by atoms with E-state index in [1.807, 2.05) is 66.7 Å². The minimum Gasteiger partial charge on any atom is -0.504 e. The van der Waals surface area contributed by atoms with Crippen LogP contribution in [0.3, 0.4) is 0 Å². The van der Waals surface area contributed by atoms with Crippen LogP contribution in [0.2, 0.25) is 0 Å². The van der Waals surface area contributed by atoms with Gasteiger partial charge in [0.05, 0.1) is 0 Å². The lowest BCUT2D eigenvalue weighted by Crippen LogP contribution is -1.94.